The molecule has 31 heavy (non-hydrogen) atoms. The first-order valence-electron chi connectivity index (χ1n) is 10.8. The van der Waals surface area contributed by atoms with E-state index in [-0.39, 0.29) is 18.1 Å². The Kier molecular flexibility index (Phi) is 4.38. The lowest BCUT2D eigenvalue weighted by molar-refractivity contribution is 0.206. The van der Waals surface area contributed by atoms with Crippen molar-refractivity contribution in [2.45, 2.75) is 24.5 Å². The van der Waals surface area contributed by atoms with Crippen LogP contribution in [-0.2, 0) is 11.2 Å². The van der Waals surface area contributed by atoms with Crippen LogP contribution >= 0.6 is 0 Å². The Labute approximate surface area is 182 Å². The van der Waals surface area contributed by atoms with Crippen LogP contribution in [0.15, 0.2) is 108 Å². The largest absolute Gasteiger partial charge is 0.470 e. The van der Waals surface area contributed by atoms with Crippen LogP contribution in [0.25, 0.3) is 0 Å². The molecule has 2 aliphatic rings. The van der Waals surface area contributed by atoms with Crippen molar-refractivity contribution in [3.63, 3.8) is 0 Å². The zero-order chi connectivity index (χ0) is 20.6. The molecule has 150 valence electrons. The number of ether oxygens (including phenoxy) is 1. The maximum absolute atomic E-state index is 6.29. The second kappa shape index (κ2) is 7.51. The standard InChI is InChI=1S/C28H22N2O/c1-3-10-19(11-4-1)26(20-12-5-2-6-13-20)23-16-9-17-24(29-23)28-30-27-22-15-8-7-14-21(22)18-25(27)31-28/h1-17,25-27H,18H2/t25-,27-/m1/s1. The van der Waals surface area contributed by atoms with Gasteiger partial charge in [0.15, 0.2) is 0 Å². The number of benzene rings is 3. The summed E-state index contributed by atoms with van der Waals surface area (Å²) in [5, 5.41) is 0. The van der Waals surface area contributed by atoms with Crippen molar-refractivity contribution in [2.24, 2.45) is 4.99 Å². The number of aromatic nitrogens is 1. The smallest absolute Gasteiger partial charge is 0.236 e. The van der Waals surface area contributed by atoms with Gasteiger partial charge in [0.25, 0.3) is 0 Å². The molecule has 4 aromatic rings. The molecule has 2 heterocycles. The quantitative estimate of drug-likeness (QED) is 0.438. The zero-order valence-electron chi connectivity index (χ0n) is 17.1. The van der Waals surface area contributed by atoms with Crippen LogP contribution in [0.5, 0.6) is 0 Å². The van der Waals surface area contributed by atoms with Gasteiger partial charge in [0, 0.05) is 6.42 Å². The van der Waals surface area contributed by atoms with Gasteiger partial charge in [-0.3, -0.25) is 0 Å². The Bertz CT molecular complexity index is 1210. The molecule has 0 unspecified atom stereocenters. The lowest BCUT2D eigenvalue weighted by Gasteiger charge is -2.18. The molecule has 0 saturated carbocycles. The first-order valence-corrected chi connectivity index (χ1v) is 10.8. The predicted molar refractivity (Wildman–Crippen MR) is 122 cm³/mol. The van der Waals surface area contributed by atoms with Crippen molar-refractivity contribution >= 4 is 5.90 Å². The van der Waals surface area contributed by atoms with Gasteiger partial charge in [-0.2, -0.15) is 0 Å². The van der Waals surface area contributed by atoms with Crippen LogP contribution < -0.4 is 0 Å². The topological polar surface area (TPSA) is 34.5 Å². The number of pyridine rings is 1. The maximum Gasteiger partial charge on any atom is 0.236 e. The van der Waals surface area contributed by atoms with Crippen LogP contribution in [0.4, 0.5) is 0 Å². The summed E-state index contributed by atoms with van der Waals surface area (Å²) in [6, 6.07) is 35.8. The third-order valence-electron chi connectivity index (χ3n) is 6.22. The molecule has 0 fully saturated rings. The van der Waals surface area contributed by atoms with Crippen molar-refractivity contribution in [1.29, 1.82) is 0 Å². The van der Waals surface area contributed by atoms with Crippen LogP contribution in [0.2, 0.25) is 0 Å². The molecule has 3 heteroatoms. The molecule has 0 N–H and O–H groups in total. The summed E-state index contributed by atoms with van der Waals surface area (Å²) in [5.41, 5.74) is 6.87. The van der Waals surface area contributed by atoms with E-state index in [9.17, 15) is 0 Å². The second-order valence-electron chi connectivity index (χ2n) is 8.14. The lowest BCUT2D eigenvalue weighted by Crippen LogP contribution is -2.15. The molecule has 3 nitrogen and oxygen atoms in total. The number of hydrogen-bond acceptors (Lipinski definition) is 3. The molecule has 3 aromatic carbocycles. The van der Waals surface area contributed by atoms with E-state index >= 15 is 0 Å². The zero-order valence-corrected chi connectivity index (χ0v) is 17.1. The van der Waals surface area contributed by atoms with Gasteiger partial charge in [-0.25, -0.2) is 9.98 Å². The fraction of sp³-hybridized carbons (Fsp3) is 0.143. The SMILES string of the molecule is c1ccc(C(c2ccccc2)c2cccc(C3=N[C@@H]4c5ccccc5C[C@H]4O3)n2)cc1. The van der Waals surface area contributed by atoms with Crippen LogP contribution in [0, 0.1) is 0 Å². The Morgan fingerprint density at radius 2 is 1.39 bits per heavy atom. The predicted octanol–water partition coefficient (Wildman–Crippen LogP) is 5.70. The minimum atomic E-state index is 0.0598. The summed E-state index contributed by atoms with van der Waals surface area (Å²) in [6.45, 7) is 0. The minimum absolute atomic E-state index is 0.0598. The minimum Gasteiger partial charge on any atom is -0.470 e. The number of nitrogens with zero attached hydrogens (tertiary/aromatic N) is 2. The van der Waals surface area contributed by atoms with Gasteiger partial charge in [-0.05, 0) is 34.4 Å². The van der Waals surface area contributed by atoms with E-state index in [2.05, 4.69) is 84.9 Å². The highest BCUT2D eigenvalue weighted by Crippen LogP contribution is 2.40. The van der Waals surface area contributed by atoms with E-state index in [0.29, 0.717) is 5.90 Å². The molecule has 1 aromatic heterocycles. The van der Waals surface area contributed by atoms with Gasteiger partial charge >= 0.3 is 0 Å². The van der Waals surface area contributed by atoms with Gasteiger partial charge in [0.2, 0.25) is 5.90 Å². The van der Waals surface area contributed by atoms with Gasteiger partial charge in [-0.15, -0.1) is 0 Å². The van der Waals surface area contributed by atoms with Crippen molar-refractivity contribution in [2.75, 3.05) is 0 Å². The fourth-order valence-corrected chi connectivity index (χ4v) is 4.78. The summed E-state index contributed by atoms with van der Waals surface area (Å²) >= 11 is 0. The first kappa shape index (κ1) is 18.1. The Hall–Kier alpha value is -3.72. The van der Waals surface area contributed by atoms with Crippen molar-refractivity contribution < 1.29 is 4.74 Å². The normalized spacial score (nSPS) is 18.9. The van der Waals surface area contributed by atoms with Crippen molar-refractivity contribution in [3.05, 3.63) is 137 Å². The van der Waals surface area contributed by atoms with Gasteiger partial charge < -0.3 is 4.74 Å². The van der Waals surface area contributed by atoms with E-state index in [1.807, 2.05) is 18.2 Å². The Morgan fingerprint density at radius 3 is 2.13 bits per heavy atom. The third kappa shape index (κ3) is 3.23. The summed E-state index contributed by atoms with van der Waals surface area (Å²) in [4.78, 5) is 9.97. The molecular weight excluding hydrogens is 380 g/mol. The molecule has 6 rings (SSSR count). The van der Waals surface area contributed by atoms with E-state index in [4.69, 9.17) is 14.7 Å². The molecule has 0 saturated heterocycles. The molecule has 0 spiro atoms. The second-order valence-corrected chi connectivity index (χ2v) is 8.14. The summed E-state index contributed by atoms with van der Waals surface area (Å²) in [5.74, 6) is 0.718. The van der Waals surface area contributed by atoms with Crippen LogP contribution in [-0.4, -0.2) is 17.0 Å². The Morgan fingerprint density at radius 1 is 0.710 bits per heavy atom. The van der Waals surface area contributed by atoms with E-state index in [0.717, 1.165) is 17.8 Å². The monoisotopic (exact) mass is 402 g/mol. The fourth-order valence-electron chi connectivity index (χ4n) is 4.78. The average molecular weight is 402 g/mol. The summed E-state index contributed by atoms with van der Waals surface area (Å²) in [7, 11) is 0. The van der Waals surface area contributed by atoms with Crippen molar-refractivity contribution in [3.8, 4) is 0 Å². The highest BCUT2D eigenvalue weighted by Gasteiger charge is 2.39. The lowest BCUT2D eigenvalue weighted by atomic mass is 9.88. The number of fused-ring (bicyclic) bond motifs is 3. The highest BCUT2D eigenvalue weighted by molar-refractivity contribution is 5.94. The molecule has 0 bridgehead atoms. The summed E-state index contributed by atoms with van der Waals surface area (Å²) in [6.07, 6.45) is 0.987. The van der Waals surface area contributed by atoms with Gasteiger partial charge in [0.1, 0.15) is 17.8 Å². The van der Waals surface area contributed by atoms with Crippen LogP contribution in [0.1, 0.15) is 45.6 Å². The average Bonchev–Trinajstić information content (AvgIpc) is 3.39. The van der Waals surface area contributed by atoms with Gasteiger partial charge in [0.05, 0.1) is 11.6 Å². The number of rotatable bonds is 4. The van der Waals surface area contributed by atoms with Crippen molar-refractivity contribution in [1.82, 2.24) is 4.98 Å². The Balaban J connectivity index is 1.39. The molecule has 1 aliphatic heterocycles. The molecule has 0 radical (unpaired) electrons. The highest BCUT2D eigenvalue weighted by atomic mass is 16.5. The summed E-state index contributed by atoms with van der Waals surface area (Å²) < 4.78 is 6.29. The first-order chi connectivity index (χ1) is 15.4. The molecule has 0 amide bonds. The number of hydrogen-bond donors (Lipinski definition) is 0. The molecule has 1 aliphatic carbocycles. The van der Waals surface area contributed by atoms with Crippen LogP contribution in [0.3, 0.4) is 0 Å². The number of aliphatic imine (C=N–C) groups is 1. The van der Waals surface area contributed by atoms with E-state index in [1.165, 1.54) is 22.3 Å². The molecular formula is C28H22N2O. The van der Waals surface area contributed by atoms with E-state index in [1.54, 1.807) is 0 Å². The maximum atomic E-state index is 6.29. The third-order valence-corrected chi connectivity index (χ3v) is 6.22. The van der Waals surface area contributed by atoms with Gasteiger partial charge in [-0.1, -0.05) is 91.0 Å². The van der Waals surface area contributed by atoms with E-state index < -0.39 is 0 Å². The molecule has 2 atom stereocenters.